The number of ether oxygens (including phenoxy) is 1. The lowest BCUT2D eigenvalue weighted by Crippen LogP contribution is -2.53. The molecular weight excluding hydrogens is 318 g/mol. The molecule has 3 rings (SSSR count). The number of nitrogens with one attached hydrogen (secondary N) is 1. The Bertz CT molecular complexity index is 716. The summed E-state index contributed by atoms with van der Waals surface area (Å²) in [6.07, 6.45) is 4.92. The van der Waals surface area contributed by atoms with Gasteiger partial charge in [0.15, 0.2) is 0 Å². The molecule has 0 saturated carbocycles. The zero-order chi connectivity index (χ0) is 17.8. The molecule has 2 unspecified atom stereocenters. The third kappa shape index (κ3) is 3.76. The number of likely N-dealkylation sites (tertiary alicyclic amines) is 1. The van der Waals surface area contributed by atoms with E-state index < -0.39 is 0 Å². The Hall–Kier alpha value is -2.15. The molecule has 0 aliphatic carbocycles. The fourth-order valence-electron chi connectivity index (χ4n) is 3.54. The predicted molar refractivity (Wildman–Crippen MR) is 97.6 cm³/mol. The van der Waals surface area contributed by atoms with E-state index in [1.807, 2.05) is 24.1 Å². The molecule has 1 fully saturated rings. The van der Waals surface area contributed by atoms with Crippen LogP contribution in [0.1, 0.15) is 26.7 Å². The Kier molecular flexibility index (Phi) is 5.53. The monoisotopic (exact) mass is 345 g/mol. The summed E-state index contributed by atoms with van der Waals surface area (Å²) in [5.41, 5.74) is 0.838. The van der Waals surface area contributed by atoms with Gasteiger partial charge >= 0.3 is 0 Å². The molecule has 1 aliphatic heterocycles. The molecule has 2 aromatic rings. The number of rotatable bonds is 6. The highest BCUT2D eigenvalue weighted by Crippen LogP contribution is 2.28. The number of hydrogen-bond acceptors (Lipinski definition) is 5. The van der Waals surface area contributed by atoms with Crippen molar-refractivity contribution in [2.75, 3.05) is 38.3 Å². The van der Waals surface area contributed by atoms with Crippen LogP contribution < -0.4 is 4.90 Å². The molecular formula is C18H27N5O2. The number of carbonyl (C=O) groups is 1. The lowest BCUT2D eigenvalue weighted by atomic mass is 9.92. The maximum absolute atomic E-state index is 12.5. The van der Waals surface area contributed by atoms with Crippen molar-refractivity contribution in [3.05, 3.63) is 18.6 Å². The molecule has 3 heterocycles. The highest BCUT2D eigenvalue weighted by molar-refractivity contribution is 5.87. The van der Waals surface area contributed by atoms with Crippen LogP contribution in [0.2, 0.25) is 0 Å². The van der Waals surface area contributed by atoms with Crippen molar-refractivity contribution in [2.45, 2.75) is 32.7 Å². The van der Waals surface area contributed by atoms with Gasteiger partial charge in [0.2, 0.25) is 5.91 Å². The van der Waals surface area contributed by atoms with Gasteiger partial charge in [-0.15, -0.1) is 0 Å². The van der Waals surface area contributed by atoms with Crippen molar-refractivity contribution in [3.8, 4) is 0 Å². The van der Waals surface area contributed by atoms with Gasteiger partial charge < -0.3 is 19.5 Å². The number of H-pyrrole nitrogens is 1. The normalized spacial score (nSPS) is 20.8. The van der Waals surface area contributed by atoms with Crippen LogP contribution >= 0.6 is 0 Å². The minimum Gasteiger partial charge on any atom is -0.381 e. The van der Waals surface area contributed by atoms with Crippen LogP contribution in [0.3, 0.4) is 0 Å². The minimum atomic E-state index is 0.174. The number of amides is 1. The van der Waals surface area contributed by atoms with E-state index in [0.29, 0.717) is 25.6 Å². The van der Waals surface area contributed by atoms with Crippen molar-refractivity contribution >= 4 is 22.8 Å². The molecule has 0 spiro atoms. The van der Waals surface area contributed by atoms with E-state index in [4.69, 9.17) is 4.74 Å². The number of anilines is 1. The standard InChI is InChI=1S/C18H27N5O2/c1-4-25-10-7-16(24)23-9-6-13(2)15(11-23)22(3)18-14-5-8-19-17(14)20-12-21-18/h5,8,12-13,15H,4,6-7,9-11H2,1-3H3,(H,19,20,21). The SMILES string of the molecule is CCOCCC(=O)N1CCC(C)C(N(C)c2ncnc3[nH]ccc23)C1. The second-order valence-corrected chi connectivity index (χ2v) is 6.67. The van der Waals surface area contributed by atoms with Crippen molar-refractivity contribution in [2.24, 2.45) is 5.92 Å². The summed E-state index contributed by atoms with van der Waals surface area (Å²) in [7, 11) is 2.06. The first-order chi connectivity index (χ1) is 12.1. The highest BCUT2D eigenvalue weighted by atomic mass is 16.5. The molecule has 1 amide bonds. The third-order valence-electron chi connectivity index (χ3n) is 5.10. The number of carbonyl (C=O) groups excluding carboxylic acids is 1. The smallest absolute Gasteiger partial charge is 0.224 e. The van der Waals surface area contributed by atoms with Crippen LogP contribution in [-0.4, -0.2) is 65.2 Å². The first-order valence-corrected chi connectivity index (χ1v) is 8.98. The maximum Gasteiger partial charge on any atom is 0.224 e. The average Bonchev–Trinajstić information content (AvgIpc) is 3.10. The number of fused-ring (bicyclic) bond motifs is 1. The van der Waals surface area contributed by atoms with Crippen molar-refractivity contribution in [1.29, 1.82) is 0 Å². The van der Waals surface area contributed by atoms with E-state index in [2.05, 4.69) is 33.8 Å². The summed E-state index contributed by atoms with van der Waals surface area (Å²) in [5.74, 6) is 1.57. The lowest BCUT2D eigenvalue weighted by Gasteiger charge is -2.42. The summed E-state index contributed by atoms with van der Waals surface area (Å²) < 4.78 is 5.32. The van der Waals surface area contributed by atoms with Crippen molar-refractivity contribution < 1.29 is 9.53 Å². The molecule has 1 N–H and O–H groups in total. The number of nitrogens with zero attached hydrogens (tertiary/aromatic N) is 4. The van der Waals surface area contributed by atoms with Crippen LogP contribution in [0, 0.1) is 5.92 Å². The van der Waals surface area contributed by atoms with E-state index in [1.165, 1.54) is 0 Å². The molecule has 0 aromatic carbocycles. The van der Waals surface area contributed by atoms with Crippen LogP contribution in [-0.2, 0) is 9.53 Å². The van der Waals surface area contributed by atoms with Crippen LogP contribution in [0.4, 0.5) is 5.82 Å². The number of likely N-dealkylation sites (N-methyl/N-ethyl adjacent to an activating group) is 1. The van der Waals surface area contributed by atoms with E-state index in [-0.39, 0.29) is 11.9 Å². The molecule has 2 aromatic heterocycles. The molecule has 25 heavy (non-hydrogen) atoms. The van der Waals surface area contributed by atoms with Gasteiger partial charge in [0.05, 0.1) is 24.5 Å². The Morgan fingerprint density at radius 3 is 3.12 bits per heavy atom. The Labute approximate surface area is 148 Å². The average molecular weight is 345 g/mol. The number of aromatic nitrogens is 3. The molecule has 1 aliphatic rings. The van der Waals surface area contributed by atoms with Gasteiger partial charge in [-0.05, 0) is 25.3 Å². The second-order valence-electron chi connectivity index (χ2n) is 6.67. The van der Waals surface area contributed by atoms with E-state index in [0.717, 1.165) is 36.4 Å². The van der Waals surface area contributed by atoms with Crippen molar-refractivity contribution in [1.82, 2.24) is 19.9 Å². The van der Waals surface area contributed by atoms with Gasteiger partial charge in [-0.2, -0.15) is 0 Å². The first-order valence-electron chi connectivity index (χ1n) is 8.98. The van der Waals surface area contributed by atoms with E-state index in [1.54, 1.807) is 6.33 Å². The van der Waals surface area contributed by atoms with Gasteiger partial charge in [0, 0.05) is 32.9 Å². The van der Waals surface area contributed by atoms with E-state index >= 15 is 0 Å². The van der Waals surface area contributed by atoms with Crippen LogP contribution in [0.5, 0.6) is 0 Å². The highest BCUT2D eigenvalue weighted by Gasteiger charge is 2.32. The predicted octanol–water partition coefficient (Wildman–Crippen LogP) is 2.06. The number of piperidine rings is 1. The lowest BCUT2D eigenvalue weighted by molar-refractivity contribution is -0.134. The van der Waals surface area contributed by atoms with Gasteiger partial charge in [-0.25, -0.2) is 9.97 Å². The second kappa shape index (κ2) is 7.82. The molecule has 7 nitrogen and oxygen atoms in total. The third-order valence-corrected chi connectivity index (χ3v) is 5.10. The summed E-state index contributed by atoms with van der Waals surface area (Å²) in [6, 6.07) is 2.23. The summed E-state index contributed by atoms with van der Waals surface area (Å²) in [5, 5.41) is 1.01. The zero-order valence-electron chi connectivity index (χ0n) is 15.2. The van der Waals surface area contributed by atoms with Crippen LogP contribution in [0.15, 0.2) is 18.6 Å². The van der Waals surface area contributed by atoms with Gasteiger partial charge in [-0.1, -0.05) is 6.92 Å². The van der Waals surface area contributed by atoms with Crippen molar-refractivity contribution in [3.63, 3.8) is 0 Å². The molecule has 1 saturated heterocycles. The Morgan fingerprint density at radius 2 is 2.32 bits per heavy atom. The van der Waals surface area contributed by atoms with Gasteiger partial charge in [0.1, 0.15) is 17.8 Å². The largest absolute Gasteiger partial charge is 0.381 e. The molecule has 136 valence electrons. The number of aromatic amines is 1. The quantitative estimate of drug-likeness (QED) is 0.811. The molecule has 0 bridgehead atoms. The van der Waals surface area contributed by atoms with Crippen LogP contribution in [0.25, 0.3) is 11.0 Å². The molecule has 0 radical (unpaired) electrons. The first kappa shape index (κ1) is 17.7. The zero-order valence-corrected chi connectivity index (χ0v) is 15.2. The maximum atomic E-state index is 12.5. The summed E-state index contributed by atoms with van der Waals surface area (Å²) >= 11 is 0. The topological polar surface area (TPSA) is 74.3 Å². The van der Waals surface area contributed by atoms with E-state index in [9.17, 15) is 4.79 Å². The summed E-state index contributed by atoms with van der Waals surface area (Å²) in [6.45, 7) is 6.88. The fraction of sp³-hybridized carbons (Fsp3) is 0.611. The number of hydrogen-bond donors (Lipinski definition) is 1. The summed E-state index contributed by atoms with van der Waals surface area (Å²) in [4.78, 5) is 28.5. The molecule has 2 atom stereocenters. The molecule has 7 heteroatoms. The van der Waals surface area contributed by atoms with Gasteiger partial charge in [-0.3, -0.25) is 4.79 Å². The Balaban J connectivity index is 1.73. The van der Waals surface area contributed by atoms with Gasteiger partial charge in [0.25, 0.3) is 0 Å². The minimum absolute atomic E-state index is 0.174. The fourth-order valence-corrected chi connectivity index (χ4v) is 3.54. The Morgan fingerprint density at radius 1 is 1.48 bits per heavy atom.